The van der Waals surface area contributed by atoms with E-state index < -0.39 is 17.7 Å². The van der Waals surface area contributed by atoms with Gasteiger partial charge in [-0.05, 0) is 32.9 Å². The van der Waals surface area contributed by atoms with Crippen molar-refractivity contribution in [2.45, 2.75) is 37.6 Å². The molecule has 4 unspecified atom stereocenters. The number of Topliss-reactive ketones (excluding diaryl/α,β-unsaturated/α-hetero) is 2. The highest BCUT2D eigenvalue weighted by Crippen LogP contribution is 2.55. The molecule has 31 heavy (non-hydrogen) atoms. The van der Waals surface area contributed by atoms with Gasteiger partial charge in [0.2, 0.25) is 11.6 Å². The normalized spacial score (nSPS) is 34.3. The van der Waals surface area contributed by atoms with E-state index in [9.17, 15) is 14.4 Å². The van der Waals surface area contributed by atoms with Crippen LogP contribution in [0.25, 0.3) is 0 Å². The quantitative estimate of drug-likeness (QED) is 0.345. The first-order valence-corrected chi connectivity index (χ1v) is 10.9. The molecule has 3 saturated heterocycles. The molecule has 10 nitrogen and oxygen atoms in total. The number of allylic oxidation sites excluding steroid dienone is 2. The topological polar surface area (TPSA) is 136 Å². The number of hydrogen-bond donors (Lipinski definition) is 3. The number of ketones is 2. The van der Waals surface area contributed by atoms with Crippen molar-refractivity contribution >= 4 is 17.7 Å². The van der Waals surface area contributed by atoms with Crippen LogP contribution in [0.3, 0.4) is 0 Å². The zero-order chi connectivity index (χ0) is 21.9. The highest BCUT2D eigenvalue weighted by atomic mass is 16.6. The van der Waals surface area contributed by atoms with Crippen LogP contribution in [0.1, 0.15) is 19.8 Å². The van der Waals surface area contributed by atoms with Gasteiger partial charge in [0.05, 0.1) is 23.4 Å². The lowest BCUT2D eigenvalue weighted by Gasteiger charge is -2.39. The smallest absolute Gasteiger partial charge is 0.404 e. The van der Waals surface area contributed by atoms with Crippen LogP contribution >= 0.6 is 0 Å². The molecule has 0 bridgehead atoms. The Kier molecular flexibility index (Phi) is 4.83. The third kappa shape index (κ3) is 2.92. The van der Waals surface area contributed by atoms with Gasteiger partial charge in [-0.2, -0.15) is 0 Å². The minimum Gasteiger partial charge on any atom is -0.449 e. The number of ether oxygens (including phenoxy) is 2. The zero-order valence-corrected chi connectivity index (χ0v) is 17.9. The Hall–Kier alpha value is -2.43. The number of nitrogens with one attached hydrogen (secondary N) is 2. The van der Waals surface area contributed by atoms with E-state index in [0.29, 0.717) is 35.6 Å². The average molecular weight is 431 g/mol. The first kappa shape index (κ1) is 20.5. The summed E-state index contributed by atoms with van der Waals surface area (Å²) in [5, 5.41) is 6.57. The number of carbonyl (C=O) groups excluding carboxylic acids is 3. The molecule has 0 aromatic heterocycles. The molecule has 4 aliphatic heterocycles. The number of primary amides is 1. The third-order valence-electron chi connectivity index (χ3n) is 7.36. The summed E-state index contributed by atoms with van der Waals surface area (Å²) in [4.78, 5) is 42.7. The molecular formula is C21H29N5O5. The Labute approximate surface area is 180 Å². The maximum Gasteiger partial charge on any atom is 0.404 e. The predicted octanol–water partition coefficient (Wildman–Crippen LogP) is -0.924. The van der Waals surface area contributed by atoms with Crippen LogP contribution in [-0.4, -0.2) is 91.7 Å². The second-order valence-electron chi connectivity index (χ2n) is 8.90. The number of amides is 1. The van der Waals surface area contributed by atoms with Crippen molar-refractivity contribution < 1.29 is 23.9 Å². The lowest BCUT2D eigenvalue weighted by atomic mass is 9.82. The van der Waals surface area contributed by atoms with Crippen molar-refractivity contribution in [2.75, 3.05) is 46.4 Å². The first-order chi connectivity index (χ1) is 14.9. The minimum atomic E-state index is -0.943. The Morgan fingerprint density at radius 1 is 1.29 bits per heavy atom. The Morgan fingerprint density at radius 3 is 2.71 bits per heavy atom. The predicted molar refractivity (Wildman–Crippen MR) is 110 cm³/mol. The molecule has 10 heteroatoms. The number of rotatable bonds is 7. The van der Waals surface area contributed by atoms with Crippen LogP contribution in [0.2, 0.25) is 0 Å². The third-order valence-corrected chi connectivity index (χ3v) is 7.36. The van der Waals surface area contributed by atoms with Gasteiger partial charge in [-0.3, -0.25) is 9.59 Å². The molecule has 1 aliphatic carbocycles. The number of hydrogen-bond acceptors (Lipinski definition) is 9. The molecule has 4 heterocycles. The van der Waals surface area contributed by atoms with Crippen molar-refractivity contribution in [3.63, 3.8) is 0 Å². The van der Waals surface area contributed by atoms with Gasteiger partial charge < -0.3 is 35.6 Å². The molecule has 3 fully saturated rings. The number of nitrogens with zero attached hydrogens (tertiary/aromatic N) is 2. The summed E-state index contributed by atoms with van der Waals surface area (Å²) in [6.07, 6.45) is 1.47. The van der Waals surface area contributed by atoms with Crippen molar-refractivity contribution in [1.82, 2.24) is 20.4 Å². The minimum absolute atomic E-state index is 0.0444. The number of methoxy groups -OCH3 is 1. The van der Waals surface area contributed by atoms with Gasteiger partial charge in [0.25, 0.3) is 0 Å². The summed E-state index contributed by atoms with van der Waals surface area (Å²) in [5.74, 6) is -1.01. The van der Waals surface area contributed by atoms with Crippen LogP contribution < -0.4 is 16.4 Å². The second kappa shape index (κ2) is 7.32. The van der Waals surface area contributed by atoms with E-state index in [0.717, 1.165) is 19.6 Å². The standard InChI is InChI=1S/C21H29N5O5/c1-11-15(23-5-8-25-6-3-4-7-25)18(28)14-12(10-31-20(22)29)21(30-2)19-13(24-19)9-26(21)16(14)17(11)27/h12-13,19,23-24H,3-10H2,1-2H3,(H2,22,29). The van der Waals surface area contributed by atoms with Gasteiger partial charge in [-0.1, -0.05) is 0 Å². The Balaban J connectivity index is 1.44. The summed E-state index contributed by atoms with van der Waals surface area (Å²) in [7, 11) is 1.57. The van der Waals surface area contributed by atoms with Gasteiger partial charge in [-0.25, -0.2) is 4.79 Å². The van der Waals surface area contributed by atoms with Crippen LogP contribution in [0, 0.1) is 5.92 Å². The lowest BCUT2D eigenvalue weighted by molar-refractivity contribution is -0.137. The molecule has 0 spiro atoms. The van der Waals surface area contributed by atoms with Crippen LogP contribution in [0.4, 0.5) is 4.79 Å². The second-order valence-corrected chi connectivity index (χ2v) is 8.90. The molecule has 5 rings (SSSR count). The Morgan fingerprint density at radius 2 is 2.03 bits per heavy atom. The van der Waals surface area contributed by atoms with E-state index in [1.54, 1.807) is 14.0 Å². The number of carbonyl (C=O) groups is 3. The van der Waals surface area contributed by atoms with Crippen LogP contribution in [0.15, 0.2) is 22.5 Å². The monoisotopic (exact) mass is 431 g/mol. The maximum absolute atomic E-state index is 13.6. The van der Waals surface area contributed by atoms with Gasteiger partial charge in [0, 0.05) is 43.9 Å². The van der Waals surface area contributed by atoms with Gasteiger partial charge in [0.15, 0.2) is 5.72 Å². The van der Waals surface area contributed by atoms with E-state index in [4.69, 9.17) is 15.2 Å². The molecule has 0 radical (unpaired) electrons. The van der Waals surface area contributed by atoms with Crippen molar-refractivity contribution in [2.24, 2.45) is 11.7 Å². The van der Waals surface area contributed by atoms with Crippen LogP contribution in [-0.2, 0) is 19.1 Å². The summed E-state index contributed by atoms with van der Waals surface area (Å²) >= 11 is 0. The zero-order valence-electron chi connectivity index (χ0n) is 17.9. The fourth-order valence-corrected chi connectivity index (χ4v) is 5.85. The molecule has 0 aromatic carbocycles. The van der Waals surface area contributed by atoms with E-state index >= 15 is 0 Å². The molecule has 5 aliphatic rings. The van der Waals surface area contributed by atoms with E-state index in [2.05, 4.69) is 15.5 Å². The fraction of sp³-hybridized carbons (Fsp3) is 0.667. The fourth-order valence-electron chi connectivity index (χ4n) is 5.85. The molecule has 4 atom stereocenters. The SMILES string of the molecule is COC12C(COC(N)=O)C3=C(C(=O)C(C)=C(NCCN4CCCC4)C3=O)N1CC1NC12. The Bertz CT molecular complexity index is 908. The van der Waals surface area contributed by atoms with E-state index in [1.165, 1.54) is 12.8 Å². The van der Waals surface area contributed by atoms with Gasteiger partial charge >= 0.3 is 6.09 Å². The average Bonchev–Trinajstić information content (AvgIpc) is 3.11. The first-order valence-electron chi connectivity index (χ1n) is 10.9. The number of nitrogens with two attached hydrogens (primary N) is 1. The summed E-state index contributed by atoms with van der Waals surface area (Å²) in [6.45, 7) is 5.67. The summed E-state index contributed by atoms with van der Waals surface area (Å²) in [6, 6.07) is 0.134. The molecular weight excluding hydrogens is 402 g/mol. The van der Waals surface area contributed by atoms with Crippen molar-refractivity contribution in [1.29, 1.82) is 0 Å². The number of fused-ring (bicyclic) bond motifs is 4. The van der Waals surface area contributed by atoms with E-state index in [-0.39, 0.29) is 30.3 Å². The van der Waals surface area contributed by atoms with Gasteiger partial charge in [-0.15, -0.1) is 0 Å². The molecule has 0 saturated carbocycles. The van der Waals surface area contributed by atoms with Crippen LogP contribution in [0.5, 0.6) is 0 Å². The van der Waals surface area contributed by atoms with Crippen molar-refractivity contribution in [3.05, 3.63) is 22.5 Å². The lowest BCUT2D eigenvalue weighted by Crippen LogP contribution is -2.55. The van der Waals surface area contributed by atoms with Crippen molar-refractivity contribution in [3.8, 4) is 0 Å². The highest BCUT2D eigenvalue weighted by molar-refractivity contribution is 6.25. The molecule has 0 aromatic rings. The van der Waals surface area contributed by atoms with E-state index in [1.807, 2.05) is 4.90 Å². The molecule has 1 amide bonds. The number of likely N-dealkylation sites (tertiary alicyclic amines) is 1. The summed E-state index contributed by atoms with van der Waals surface area (Å²) in [5.41, 5.74) is 5.76. The molecule has 4 N–H and O–H groups in total. The summed E-state index contributed by atoms with van der Waals surface area (Å²) < 4.78 is 11.1. The molecule has 168 valence electrons. The highest BCUT2D eigenvalue weighted by Gasteiger charge is 2.72. The van der Waals surface area contributed by atoms with Gasteiger partial charge in [0.1, 0.15) is 6.61 Å². The number of piperazine rings is 1. The maximum atomic E-state index is 13.6. The largest absolute Gasteiger partial charge is 0.449 e.